The number of aliphatic hydroxyl groups excluding tert-OH is 1. The maximum atomic E-state index is 14.0. The monoisotopic (exact) mass is 551 g/mol. The van der Waals surface area contributed by atoms with Crippen LogP contribution in [0.1, 0.15) is 50.7 Å². The molecule has 0 radical (unpaired) electrons. The van der Waals surface area contributed by atoms with E-state index in [1.807, 2.05) is 26.0 Å². The summed E-state index contributed by atoms with van der Waals surface area (Å²) < 4.78 is 55.9. The number of halogens is 1. The van der Waals surface area contributed by atoms with Gasteiger partial charge in [-0.05, 0) is 36.6 Å². The number of aliphatic hydroxyl groups is 1. The van der Waals surface area contributed by atoms with Crippen LogP contribution in [0.15, 0.2) is 57.3 Å². The summed E-state index contributed by atoms with van der Waals surface area (Å²) in [5, 5.41) is 13.3. The molecule has 192 valence electrons. The molecule has 0 aromatic heterocycles. The smallest absolute Gasteiger partial charge is 0.286 e. The highest BCUT2D eigenvalue weighted by Crippen LogP contribution is 2.46. The first-order valence-electron chi connectivity index (χ1n) is 11.4. The molecule has 0 unspecified atom stereocenters. The van der Waals surface area contributed by atoms with E-state index < -0.39 is 36.5 Å². The van der Waals surface area contributed by atoms with Gasteiger partial charge in [0.2, 0.25) is 10.0 Å². The second kappa shape index (κ2) is 9.53. The molecule has 2 aliphatic rings. The first-order valence-corrected chi connectivity index (χ1v) is 15.0. The van der Waals surface area contributed by atoms with Crippen molar-refractivity contribution >= 4 is 60.4 Å². The number of Topliss-reactive ketones (excluding diaryl/α,β-unsaturated/α-hetero) is 1. The van der Waals surface area contributed by atoms with Gasteiger partial charge in [0, 0.05) is 5.56 Å². The summed E-state index contributed by atoms with van der Waals surface area (Å²) >= 11 is 5.42. The van der Waals surface area contributed by atoms with Crippen molar-refractivity contribution in [2.45, 2.75) is 49.8 Å². The van der Waals surface area contributed by atoms with Crippen LogP contribution in [0.3, 0.4) is 0 Å². The molecule has 2 aromatic rings. The van der Waals surface area contributed by atoms with E-state index in [0.29, 0.717) is 31.2 Å². The van der Waals surface area contributed by atoms with Crippen LogP contribution in [-0.4, -0.2) is 38.8 Å². The van der Waals surface area contributed by atoms with Gasteiger partial charge >= 0.3 is 0 Å². The van der Waals surface area contributed by atoms with Gasteiger partial charge in [0.15, 0.2) is 11.6 Å². The van der Waals surface area contributed by atoms with Gasteiger partial charge in [-0.15, -0.1) is 16.0 Å². The number of hydrogen-bond donors (Lipinski definition) is 3. The molecule has 1 aliphatic heterocycles. The van der Waals surface area contributed by atoms with Gasteiger partial charge in [-0.25, -0.2) is 8.42 Å². The molecular weight excluding hydrogens is 526 g/mol. The maximum absolute atomic E-state index is 14.0. The van der Waals surface area contributed by atoms with Crippen LogP contribution in [0.2, 0.25) is 0 Å². The minimum Gasteiger partial charge on any atom is -0.506 e. The predicted octanol–water partition coefficient (Wildman–Crippen LogP) is 4.53. The Kier molecular flexibility index (Phi) is 6.93. The van der Waals surface area contributed by atoms with E-state index in [9.17, 15) is 26.7 Å². The first kappa shape index (κ1) is 26.2. The molecule has 0 amide bonds. The van der Waals surface area contributed by atoms with E-state index in [2.05, 4.69) is 14.4 Å². The van der Waals surface area contributed by atoms with Crippen molar-refractivity contribution < 1.29 is 26.7 Å². The number of nitrogens with one attached hydrogen (secondary N) is 2. The van der Waals surface area contributed by atoms with Crippen LogP contribution in [0.25, 0.3) is 5.76 Å². The number of sulfonamides is 2. The van der Waals surface area contributed by atoms with Crippen molar-refractivity contribution in [2.24, 2.45) is 4.40 Å². The Balaban J connectivity index is 1.86. The number of rotatable bonds is 8. The van der Waals surface area contributed by atoms with Gasteiger partial charge in [-0.3, -0.25) is 9.52 Å². The van der Waals surface area contributed by atoms with Gasteiger partial charge in [0.25, 0.3) is 10.0 Å². The molecule has 0 spiro atoms. The maximum Gasteiger partial charge on any atom is 0.286 e. The van der Waals surface area contributed by atoms with E-state index in [-0.39, 0.29) is 33.4 Å². The number of amidine groups is 1. The Morgan fingerprint density at radius 2 is 1.78 bits per heavy atom. The summed E-state index contributed by atoms with van der Waals surface area (Å²) in [5.74, 6) is -1.00. The Morgan fingerprint density at radius 1 is 1.11 bits per heavy atom. The third-order valence-corrected chi connectivity index (χ3v) is 9.34. The van der Waals surface area contributed by atoms with Gasteiger partial charge < -0.3 is 10.4 Å². The summed E-state index contributed by atoms with van der Waals surface area (Å²) in [7, 11) is -8.20. The van der Waals surface area contributed by atoms with Crippen molar-refractivity contribution in [1.29, 1.82) is 0 Å². The van der Waals surface area contributed by atoms with Gasteiger partial charge in [-0.2, -0.15) is 8.42 Å². The number of hydrogen-bond acceptors (Lipinski definition) is 7. The van der Waals surface area contributed by atoms with Crippen molar-refractivity contribution in [2.75, 3.05) is 15.3 Å². The van der Waals surface area contributed by atoms with E-state index in [1.54, 1.807) is 12.1 Å². The van der Waals surface area contributed by atoms with E-state index in [4.69, 9.17) is 11.6 Å². The van der Waals surface area contributed by atoms with E-state index in [1.165, 1.54) is 12.1 Å². The van der Waals surface area contributed by atoms with E-state index in [0.717, 1.165) is 11.6 Å². The van der Waals surface area contributed by atoms with Crippen molar-refractivity contribution in [3.05, 3.63) is 59.2 Å². The van der Waals surface area contributed by atoms with Gasteiger partial charge in [0.1, 0.15) is 21.4 Å². The lowest BCUT2D eigenvalue weighted by Gasteiger charge is -2.39. The zero-order chi connectivity index (χ0) is 26.3. The third kappa shape index (κ3) is 4.39. The highest BCUT2D eigenvalue weighted by atomic mass is 35.5. The summed E-state index contributed by atoms with van der Waals surface area (Å²) in [6, 6.07) is 10.9. The third-order valence-electron chi connectivity index (χ3n) is 6.33. The van der Waals surface area contributed by atoms with Crippen molar-refractivity contribution in [1.82, 2.24) is 0 Å². The molecule has 1 aliphatic carbocycles. The molecule has 36 heavy (non-hydrogen) atoms. The van der Waals surface area contributed by atoms with E-state index >= 15 is 0 Å². The normalized spacial score (nSPS) is 18.1. The zero-order valence-electron chi connectivity index (χ0n) is 19.7. The van der Waals surface area contributed by atoms with Crippen LogP contribution in [-0.2, 0) is 30.3 Å². The fraction of sp³-hybridized carbons (Fsp3) is 0.333. The quantitative estimate of drug-likeness (QED) is 0.409. The van der Waals surface area contributed by atoms with Crippen LogP contribution in [0.5, 0.6) is 0 Å². The van der Waals surface area contributed by atoms with Crippen LogP contribution >= 0.6 is 11.6 Å². The molecule has 9 nitrogen and oxygen atoms in total. The lowest BCUT2D eigenvalue weighted by atomic mass is 9.63. The highest BCUT2D eigenvalue weighted by molar-refractivity contribution is 7.93. The topological polar surface area (TPSA) is 142 Å². The summed E-state index contributed by atoms with van der Waals surface area (Å²) in [6.07, 6.45) is 2.45. The molecule has 3 N–H and O–H groups in total. The lowest BCUT2D eigenvalue weighted by molar-refractivity contribution is -0.121. The number of carbonyl (C=O) groups excluding carboxylic acids is 1. The number of ketones is 1. The van der Waals surface area contributed by atoms with Crippen molar-refractivity contribution in [3.8, 4) is 0 Å². The van der Waals surface area contributed by atoms with Crippen LogP contribution in [0, 0.1) is 0 Å². The number of fused-ring (bicyclic) bond motifs is 2. The number of anilines is 2. The fourth-order valence-corrected chi connectivity index (χ4v) is 6.80. The lowest BCUT2D eigenvalue weighted by Crippen LogP contribution is -2.44. The highest BCUT2D eigenvalue weighted by Gasteiger charge is 2.48. The molecule has 0 saturated carbocycles. The standard InChI is InChI=1S/C24H26ClN3O6S2/c1-3-11-24(12-4-2)17-8-6-5-7-16(17)21(29)20(22(24)30)23-26-18-10-9-15(27-35(31,32)14-25)13-19(18)36(33,34)28-23/h5-10,13,27,29H,3-4,11-12,14H2,1-2H3,(H,26,28). The first-order chi connectivity index (χ1) is 17.0. The van der Waals surface area contributed by atoms with Gasteiger partial charge in [-0.1, -0.05) is 51.0 Å². The Bertz CT molecular complexity index is 1510. The minimum absolute atomic E-state index is 0.00642. The molecule has 0 saturated heterocycles. The molecule has 2 aromatic carbocycles. The molecule has 4 rings (SSSR count). The number of carbonyl (C=O) groups is 1. The largest absolute Gasteiger partial charge is 0.506 e. The molecule has 0 atom stereocenters. The Morgan fingerprint density at radius 3 is 2.42 bits per heavy atom. The molecular formula is C24H26ClN3O6S2. The second-order valence-electron chi connectivity index (χ2n) is 8.76. The summed E-state index contributed by atoms with van der Waals surface area (Å²) in [5.41, 5.74) is 0.157. The average molecular weight is 552 g/mol. The number of benzene rings is 2. The fourth-order valence-electron chi connectivity index (χ4n) is 4.94. The van der Waals surface area contributed by atoms with Gasteiger partial charge in [0.05, 0.1) is 16.8 Å². The summed E-state index contributed by atoms with van der Waals surface area (Å²) in [4.78, 5) is 13.8. The average Bonchev–Trinajstić information content (AvgIpc) is 2.83. The Labute approximate surface area is 215 Å². The molecule has 0 fully saturated rings. The minimum atomic E-state index is -4.35. The predicted molar refractivity (Wildman–Crippen MR) is 140 cm³/mol. The molecule has 1 heterocycles. The zero-order valence-corrected chi connectivity index (χ0v) is 22.1. The second-order valence-corrected chi connectivity index (χ2v) is 12.6. The summed E-state index contributed by atoms with van der Waals surface area (Å²) in [6.45, 7) is 3.94. The SMILES string of the molecule is CCCC1(CCC)C(=O)C(C2=NS(=O)(=O)c3cc(NS(=O)(=O)CCl)ccc3N2)=C(O)c2ccccc21. The number of alkyl halides is 1. The van der Waals surface area contributed by atoms with Crippen molar-refractivity contribution in [3.63, 3.8) is 0 Å². The van der Waals surface area contributed by atoms with Crippen LogP contribution in [0.4, 0.5) is 11.4 Å². The number of nitrogens with zero attached hydrogens (tertiary/aromatic N) is 1. The van der Waals surface area contributed by atoms with Crippen LogP contribution < -0.4 is 10.0 Å². The molecule has 12 heteroatoms. The molecule has 0 bridgehead atoms. The Hall–Kier alpha value is -2.89.